The van der Waals surface area contributed by atoms with Gasteiger partial charge in [0.25, 0.3) is 0 Å². The van der Waals surface area contributed by atoms with Crippen molar-refractivity contribution in [1.29, 1.82) is 0 Å². The summed E-state index contributed by atoms with van der Waals surface area (Å²) in [5.74, 6) is 0.798. The van der Waals surface area contributed by atoms with Gasteiger partial charge in [-0.2, -0.15) is 0 Å². The minimum absolute atomic E-state index is 0.0823. The summed E-state index contributed by atoms with van der Waals surface area (Å²) in [5.41, 5.74) is 8.34. The molecule has 5 rings (SSSR count). The van der Waals surface area contributed by atoms with E-state index in [1.165, 1.54) is 37.3 Å². The van der Waals surface area contributed by atoms with Gasteiger partial charge >= 0.3 is 0 Å². The molecule has 1 unspecified atom stereocenters. The highest BCUT2D eigenvalue weighted by molar-refractivity contribution is 5.95. The number of nitrogens with zero attached hydrogens (tertiary/aromatic N) is 1. The van der Waals surface area contributed by atoms with Gasteiger partial charge < -0.3 is 15.4 Å². The quantitative estimate of drug-likeness (QED) is 0.289. The Morgan fingerprint density at radius 2 is 1.81 bits per heavy atom. The van der Waals surface area contributed by atoms with Crippen molar-refractivity contribution in [3.05, 3.63) is 78.0 Å². The fourth-order valence-electron chi connectivity index (χ4n) is 5.29. The number of anilines is 1. The second kappa shape index (κ2) is 11.1. The second-order valence-corrected chi connectivity index (χ2v) is 10.2. The molecular formula is C32H35N3O2. The third-order valence-corrected chi connectivity index (χ3v) is 6.99. The highest BCUT2D eigenvalue weighted by atomic mass is 16.5. The largest absolute Gasteiger partial charge is 0.492 e. The maximum absolute atomic E-state index is 11.6. The molecule has 1 aromatic heterocycles. The van der Waals surface area contributed by atoms with Gasteiger partial charge in [0.1, 0.15) is 5.75 Å². The Balaban J connectivity index is 1.56. The molecule has 0 aliphatic carbocycles. The summed E-state index contributed by atoms with van der Waals surface area (Å²) in [6.07, 6.45) is 6.68. The van der Waals surface area contributed by atoms with Crippen molar-refractivity contribution in [2.75, 3.05) is 18.5 Å². The molecule has 190 valence electrons. The summed E-state index contributed by atoms with van der Waals surface area (Å²) in [7, 11) is 0. The number of aryl methyl sites for hydroxylation is 2. The minimum Gasteiger partial charge on any atom is -0.492 e. The van der Waals surface area contributed by atoms with Crippen LogP contribution >= 0.6 is 0 Å². The average molecular weight is 494 g/mol. The summed E-state index contributed by atoms with van der Waals surface area (Å²) in [6, 6.07) is 21.3. The smallest absolute Gasteiger partial charge is 0.221 e. The molecule has 1 saturated heterocycles. The van der Waals surface area contributed by atoms with Crippen LogP contribution in [0, 0.1) is 13.8 Å². The average Bonchev–Trinajstić information content (AvgIpc) is 2.88. The predicted molar refractivity (Wildman–Crippen MR) is 152 cm³/mol. The van der Waals surface area contributed by atoms with Gasteiger partial charge in [-0.3, -0.25) is 9.78 Å². The van der Waals surface area contributed by atoms with Gasteiger partial charge in [0, 0.05) is 35.8 Å². The van der Waals surface area contributed by atoms with Crippen molar-refractivity contribution in [2.24, 2.45) is 0 Å². The van der Waals surface area contributed by atoms with Gasteiger partial charge in [-0.1, -0.05) is 53.9 Å². The number of ether oxygens (including phenoxy) is 1. The highest BCUT2D eigenvalue weighted by Gasteiger charge is 2.17. The van der Waals surface area contributed by atoms with E-state index >= 15 is 0 Å². The van der Waals surface area contributed by atoms with E-state index in [1.54, 1.807) is 0 Å². The first-order chi connectivity index (χ1) is 18.0. The zero-order chi connectivity index (χ0) is 25.8. The van der Waals surface area contributed by atoms with Crippen molar-refractivity contribution in [2.45, 2.75) is 52.5 Å². The van der Waals surface area contributed by atoms with Gasteiger partial charge in [0.15, 0.2) is 0 Å². The van der Waals surface area contributed by atoms with E-state index in [1.807, 2.05) is 24.4 Å². The molecule has 0 bridgehead atoms. The molecule has 1 fully saturated rings. The maximum atomic E-state index is 11.6. The van der Waals surface area contributed by atoms with Crippen molar-refractivity contribution in [3.63, 3.8) is 0 Å². The molecule has 1 aliphatic heterocycles. The number of aromatic nitrogens is 1. The fourth-order valence-corrected chi connectivity index (χ4v) is 5.29. The Morgan fingerprint density at radius 3 is 2.57 bits per heavy atom. The molecule has 1 atom stereocenters. The number of pyridine rings is 1. The Morgan fingerprint density at radius 1 is 1.00 bits per heavy atom. The number of nitrogens with one attached hydrogen (secondary N) is 2. The molecule has 5 nitrogen and oxygen atoms in total. The number of hydrogen-bond acceptors (Lipinski definition) is 4. The van der Waals surface area contributed by atoms with Crippen molar-refractivity contribution in [3.8, 4) is 28.0 Å². The van der Waals surface area contributed by atoms with Crippen LogP contribution in [0.1, 0.15) is 43.7 Å². The summed E-state index contributed by atoms with van der Waals surface area (Å²) < 4.78 is 6.62. The Hall–Kier alpha value is -3.70. The van der Waals surface area contributed by atoms with Crippen LogP contribution < -0.4 is 15.4 Å². The molecule has 1 amide bonds. The molecule has 1 aliphatic rings. The summed E-state index contributed by atoms with van der Waals surface area (Å²) >= 11 is 0. The van der Waals surface area contributed by atoms with Crippen LogP contribution in [0.15, 0.2) is 66.9 Å². The van der Waals surface area contributed by atoms with Crippen LogP contribution in [-0.4, -0.2) is 30.1 Å². The maximum Gasteiger partial charge on any atom is 0.221 e. The summed E-state index contributed by atoms with van der Waals surface area (Å²) in [5, 5.41) is 7.51. The van der Waals surface area contributed by atoms with Crippen LogP contribution in [0.5, 0.6) is 5.75 Å². The van der Waals surface area contributed by atoms with E-state index in [0.29, 0.717) is 12.6 Å². The first-order valence-electron chi connectivity index (χ1n) is 13.2. The van der Waals surface area contributed by atoms with Gasteiger partial charge in [0.05, 0.1) is 12.1 Å². The molecule has 3 aromatic carbocycles. The summed E-state index contributed by atoms with van der Waals surface area (Å²) in [6.45, 7) is 7.52. The van der Waals surface area contributed by atoms with Crippen molar-refractivity contribution >= 4 is 22.5 Å². The fraction of sp³-hybridized carbons (Fsp3) is 0.312. The monoisotopic (exact) mass is 493 g/mol. The second-order valence-electron chi connectivity index (χ2n) is 10.2. The SMILES string of the molecule is CC(=O)Nc1cccc(-c2ccc3ncc(-c4cc(C)cc(C)c4)c(OCCC4CCCCN4)c3c2)c1. The normalized spacial score (nSPS) is 15.5. The Kier molecular flexibility index (Phi) is 7.52. The van der Waals surface area contributed by atoms with E-state index in [0.717, 1.165) is 57.6 Å². The molecule has 2 heterocycles. The summed E-state index contributed by atoms with van der Waals surface area (Å²) in [4.78, 5) is 16.4. The number of amides is 1. The lowest BCUT2D eigenvalue weighted by Gasteiger charge is -2.24. The lowest BCUT2D eigenvalue weighted by Crippen LogP contribution is -2.35. The van der Waals surface area contributed by atoms with Crippen LogP contribution in [0.25, 0.3) is 33.2 Å². The third-order valence-electron chi connectivity index (χ3n) is 6.99. The zero-order valence-corrected chi connectivity index (χ0v) is 21.9. The predicted octanol–water partition coefficient (Wildman–Crippen LogP) is 7.06. The lowest BCUT2D eigenvalue weighted by molar-refractivity contribution is -0.114. The molecule has 0 radical (unpaired) electrons. The van der Waals surface area contributed by atoms with Crippen LogP contribution in [0.3, 0.4) is 0 Å². The molecule has 0 spiro atoms. The van der Waals surface area contributed by atoms with E-state index < -0.39 is 0 Å². The van der Waals surface area contributed by atoms with Crippen molar-refractivity contribution in [1.82, 2.24) is 10.3 Å². The minimum atomic E-state index is -0.0823. The van der Waals surface area contributed by atoms with E-state index in [9.17, 15) is 4.79 Å². The molecular weight excluding hydrogens is 458 g/mol. The van der Waals surface area contributed by atoms with Crippen LogP contribution in [0.4, 0.5) is 5.69 Å². The first-order valence-corrected chi connectivity index (χ1v) is 13.2. The number of carbonyl (C=O) groups is 1. The molecule has 5 heteroatoms. The van der Waals surface area contributed by atoms with Gasteiger partial charge in [-0.25, -0.2) is 0 Å². The zero-order valence-electron chi connectivity index (χ0n) is 21.9. The number of benzene rings is 3. The number of carbonyl (C=O) groups excluding carboxylic acids is 1. The van der Waals surface area contributed by atoms with Gasteiger partial charge in [-0.05, 0) is 80.6 Å². The van der Waals surface area contributed by atoms with Crippen molar-refractivity contribution < 1.29 is 9.53 Å². The lowest BCUT2D eigenvalue weighted by atomic mass is 9.97. The molecule has 4 aromatic rings. The number of rotatable bonds is 7. The van der Waals surface area contributed by atoms with E-state index in [-0.39, 0.29) is 5.91 Å². The van der Waals surface area contributed by atoms with Gasteiger partial charge in [0.2, 0.25) is 5.91 Å². The first kappa shape index (κ1) is 25.0. The number of piperidine rings is 1. The van der Waals surface area contributed by atoms with Crippen LogP contribution in [0.2, 0.25) is 0 Å². The molecule has 2 N–H and O–H groups in total. The topological polar surface area (TPSA) is 63.2 Å². The molecule has 0 saturated carbocycles. The van der Waals surface area contributed by atoms with E-state index in [4.69, 9.17) is 9.72 Å². The highest BCUT2D eigenvalue weighted by Crippen LogP contribution is 2.38. The molecule has 37 heavy (non-hydrogen) atoms. The Bertz CT molecular complexity index is 1400. The Labute approximate surface area is 219 Å². The third kappa shape index (κ3) is 6.00. The standard InChI is InChI=1S/C32H35N3O2/c1-21-15-22(2)17-26(16-21)30-20-34-31-11-10-25(24-7-6-9-28(18-24)35-23(3)36)19-29(31)32(30)37-14-12-27-8-4-5-13-33-27/h6-7,9-11,15-20,27,33H,4-5,8,12-14H2,1-3H3,(H,35,36). The van der Waals surface area contributed by atoms with E-state index in [2.05, 4.69) is 66.9 Å². The number of hydrogen-bond donors (Lipinski definition) is 2. The number of fused-ring (bicyclic) bond motifs is 1. The van der Waals surface area contributed by atoms with Gasteiger partial charge in [-0.15, -0.1) is 0 Å². The van der Waals surface area contributed by atoms with Crippen LogP contribution in [-0.2, 0) is 4.79 Å².